The van der Waals surface area contributed by atoms with Crippen molar-refractivity contribution in [2.45, 2.75) is 39.5 Å². The lowest BCUT2D eigenvalue weighted by atomic mass is 10.1. The Morgan fingerprint density at radius 3 is 2.19 bits per heavy atom. The summed E-state index contributed by atoms with van der Waals surface area (Å²) in [5, 5.41) is 1.12. The van der Waals surface area contributed by atoms with Crippen molar-refractivity contribution in [2.75, 3.05) is 11.9 Å². The zero-order chi connectivity index (χ0) is 11.8. The van der Waals surface area contributed by atoms with E-state index in [-0.39, 0.29) is 0 Å². The first-order valence-corrected chi connectivity index (χ1v) is 7.11. The van der Waals surface area contributed by atoms with Gasteiger partial charge in [0.25, 0.3) is 0 Å². The molecule has 90 valence electrons. The van der Waals surface area contributed by atoms with Crippen LogP contribution in [-0.4, -0.2) is 11.9 Å². The third kappa shape index (κ3) is 5.55. The number of benzene rings is 1. The molecule has 0 radical (unpaired) electrons. The fourth-order valence-corrected chi connectivity index (χ4v) is 2.15. The lowest BCUT2D eigenvalue weighted by Crippen LogP contribution is -1.98. The van der Waals surface area contributed by atoms with Crippen LogP contribution in [-0.2, 0) is 0 Å². The van der Waals surface area contributed by atoms with Crippen molar-refractivity contribution in [3.63, 3.8) is 0 Å². The zero-order valence-electron chi connectivity index (χ0n) is 10.3. The predicted molar refractivity (Wildman–Crippen MR) is 73.7 cm³/mol. The number of unbranched alkanes of at least 4 members (excludes halogenated alkanes) is 3. The Hall–Kier alpha value is -0.500. The van der Waals surface area contributed by atoms with Crippen LogP contribution in [0.1, 0.15) is 36.8 Å². The van der Waals surface area contributed by atoms with Crippen LogP contribution in [0.4, 0.5) is 0 Å². The minimum absolute atomic E-state index is 0.838. The van der Waals surface area contributed by atoms with Gasteiger partial charge in [-0.3, -0.25) is 0 Å². The van der Waals surface area contributed by atoms with Gasteiger partial charge in [0.2, 0.25) is 0 Å². The molecule has 16 heavy (non-hydrogen) atoms. The monoisotopic (exact) mass is 284 g/mol. The topological polar surface area (TPSA) is 9.23 Å². The Morgan fingerprint density at radius 2 is 1.56 bits per heavy atom. The van der Waals surface area contributed by atoms with Crippen LogP contribution in [0, 0.1) is 13.8 Å². The molecule has 0 bridgehead atoms. The number of alkyl halides is 1. The van der Waals surface area contributed by atoms with Crippen molar-refractivity contribution in [1.29, 1.82) is 0 Å². The minimum Gasteiger partial charge on any atom is -0.494 e. The molecule has 0 amide bonds. The average molecular weight is 285 g/mol. The first-order chi connectivity index (χ1) is 7.72. The fourth-order valence-electron chi connectivity index (χ4n) is 1.76. The summed E-state index contributed by atoms with van der Waals surface area (Å²) in [5.41, 5.74) is 2.54. The molecule has 2 heteroatoms. The molecule has 0 aromatic heterocycles. The van der Waals surface area contributed by atoms with Gasteiger partial charge in [-0.2, -0.15) is 0 Å². The van der Waals surface area contributed by atoms with Crippen LogP contribution in [0.5, 0.6) is 5.75 Å². The lowest BCUT2D eigenvalue weighted by molar-refractivity contribution is 0.305. The van der Waals surface area contributed by atoms with Gasteiger partial charge >= 0.3 is 0 Å². The van der Waals surface area contributed by atoms with E-state index in [1.165, 1.54) is 30.4 Å². The quantitative estimate of drug-likeness (QED) is 0.524. The summed E-state index contributed by atoms with van der Waals surface area (Å²) in [4.78, 5) is 0. The highest BCUT2D eigenvalue weighted by atomic mass is 79.9. The SMILES string of the molecule is Cc1cc(C)cc(OCCCCCCBr)c1. The highest BCUT2D eigenvalue weighted by Gasteiger charge is 1.96. The van der Waals surface area contributed by atoms with E-state index in [0.717, 1.165) is 24.1 Å². The van der Waals surface area contributed by atoms with E-state index in [9.17, 15) is 0 Å². The smallest absolute Gasteiger partial charge is 0.119 e. The second-order valence-corrected chi connectivity index (χ2v) is 5.07. The molecular formula is C14H21BrO. The van der Waals surface area contributed by atoms with E-state index >= 15 is 0 Å². The summed E-state index contributed by atoms with van der Waals surface area (Å²) < 4.78 is 5.74. The molecule has 0 atom stereocenters. The molecule has 0 saturated heterocycles. The van der Waals surface area contributed by atoms with Crippen LogP contribution < -0.4 is 4.74 Å². The van der Waals surface area contributed by atoms with Crippen molar-refractivity contribution in [2.24, 2.45) is 0 Å². The summed E-state index contributed by atoms with van der Waals surface area (Å²) in [6, 6.07) is 6.37. The van der Waals surface area contributed by atoms with Gasteiger partial charge in [0.1, 0.15) is 5.75 Å². The molecule has 0 N–H and O–H groups in total. The Kier molecular flexibility index (Phi) is 6.55. The minimum atomic E-state index is 0.838. The van der Waals surface area contributed by atoms with Gasteiger partial charge in [0, 0.05) is 5.33 Å². The standard InChI is InChI=1S/C14H21BrO/c1-12-9-13(2)11-14(10-12)16-8-6-4-3-5-7-15/h9-11H,3-8H2,1-2H3. The molecule has 1 rings (SSSR count). The van der Waals surface area contributed by atoms with Gasteiger partial charge in [-0.25, -0.2) is 0 Å². The van der Waals surface area contributed by atoms with Gasteiger partial charge in [0.05, 0.1) is 6.61 Å². The summed E-state index contributed by atoms with van der Waals surface area (Å²) in [6.07, 6.45) is 4.97. The van der Waals surface area contributed by atoms with E-state index in [0.29, 0.717) is 0 Å². The van der Waals surface area contributed by atoms with E-state index in [1.54, 1.807) is 0 Å². The van der Waals surface area contributed by atoms with Crippen LogP contribution in [0.2, 0.25) is 0 Å². The molecule has 0 unspecified atom stereocenters. The zero-order valence-corrected chi connectivity index (χ0v) is 11.8. The molecule has 0 heterocycles. The molecule has 0 aliphatic heterocycles. The molecule has 0 aliphatic carbocycles. The normalized spacial score (nSPS) is 10.4. The molecule has 0 aliphatic rings. The first kappa shape index (κ1) is 13.6. The number of halogens is 1. The number of ether oxygens (including phenoxy) is 1. The summed E-state index contributed by atoms with van der Waals surface area (Å²) in [6.45, 7) is 5.05. The maximum atomic E-state index is 5.74. The summed E-state index contributed by atoms with van der Waals surface area (Å²) >= 11 is 3.44. The molecule has 0 spiro atoms. The van der Waals surface area contributed by atoms with Crippen molar-refractivity contribution >= 4 is 15.9 Å². The van der Waals surface area contributed by atoms with E-state index in [4.69, 9.17) is 4.74 Å². The maximum Gasteiger partial charge on any atom is 0.119 e. The van der Waals surface area contributed by atoms with E-state index in [2.05, 4.69) is 48.0 Å². The fraction of sp³-hybridized carbons (Fsp3) is 0.571. The van der Waals surface area contributed by atoms with Gasteiger partial charge < -0.3 is 4.74 Å². The lowest BCUT2D eigenvalue weighted by Gasteiger charge is -2.07. The van der Waals surface area contributed by atoms with Crippen molar-refractivity contribution < 1.29 is 4.74 Å². The highest BCUT2D eigenvalue weighted by molar-refractivity contribution is 9.09. The maximum absolute atomic E-state index is 5.74. The molecule has 0 saturated carbocycles. The summed E-state index contributed by atoms with van der Waals surface area (Å²) in [5.74, 6) is 1.01. The number of hydrogen-bond donors (Lipinski definition) is 0. The number of hydrogen-bond acceptors (Lipinski definition) is 1. The van der Waals surface area contributed by atoms with Crippen molar-refractivity contribution in [1.82, 2.24) is 0 Å². The van der Waals surface area contributed by atoms with Crippen LogP contribution in [0.25, 0.3) is 0 Å². The largest absolute Gasteiger partial charge is 0.494 e. The van der Waals surface area contributed by atoms with E-state index in [1.807, 2.05) is 0 Å². The van der Waals surface area contributed by atoms with Crippen LogP contribution in [0.3, 0.4) is 0 Å². The molecule has 0 fully saturated rings. The van der Waals surface area contributed by atoms with Gasteiger partial charge in [-0.05, 0) is 49.9 Å². The summed E-state index contributed by atoms with van der Waals surface area (Å²) in [7, 11) is 0. The number of aryl methyl sites for hydroxylation is 2. The molecular weight excluding hydrogens is 264 g/mol. The Labute approximate surface area is 107 Å². The predicted octanol–water partition coefficient (Wildman–Crippen LogP) is 4.64. The molecule has 1 nitrogen and oxygen atoms in total. The van der Waals surface area contributed by atoms with Crippen molar-refractivity contribution in [3.8, 4) is 5.75 Å². The van der Waals surface area contributed by atoms with Gasteiger partial charge in [-0.1, -0.05) is 34.8 Å². The average Bonchev–Trinajstić information content (AvgIpc) is 2.22. The first-order valence-electron chi connectivity index (χ1n) is 5.99. The molecule has 1 aromatic rings. The van der Waals surface area contributed by atoms with Gasteiger partial charge in [0.15, 0.2) is 0 Å². The Morgan fingerprint density at radius 1 is 0.938 bits per heavy atom. The highest BCUT2D eigenvalue weighted by Crippen LogP contribution is 2.16. The number of rotatable bonds is 7. The Balaban J connectivity index is 2.21. The second kappa shape index (κ2) is 7.72. The second-order valence-electron chi connectivity index (χ2n) is 4.28. The van der Waals surface area contributed by atoms with E-state index < -0.39 is 0 Å². The molecule has 1 aromatic carbocycles. The van der Waals surface area contributed by atoms with Crippen molar-refractivity contribution in [3.05, 3.63) is 29.3 Å². The third-order valence-electron chi connectivity index (χ3n) is 2.49. The van der Waals surface area contributed by atoms with Gasteiger partial charge in [-0.15, -0.1) is 0 Å². The van der Waals surface area contributed by atoms with Crippen LogP contribution in [0.15, 0.2) is 18.2 Å². The van der Waals surface area contributed by atoms with Crippen LogP contribution >= 0.6 is 15.9 Å². The third-order valence-corrected chi connectivity index (χ3v) is 3.05. The Bertz CT molecular complexity index is 289.